The van der Waals surface area contributed by atoms with Gasteiger partial charge in [-0.05, 0) is 41.8 Å². The van der Waals surface area contributed by atoms with Gasteiger partial charge in [0.1, 0.15) is 5.75 Å². The Morgan fingerprint density at radius 1 is 1.08 bits per heavy atom. The van der Waals surface area contributed by atoms with Gasteiger partial charge in [-0.15, -0.1) is 0 Å². The van der Waals surface area contributed by atoms with E-state index in [1.807, 2.05) is 44.2 Å². The molecule has 134 valence electrons. The summed E-state index contributed by atoms with van der Waals surface area (Å²) in [5.41, 5.74) is 2.21. The Morgan fingerprint density at radius 2 is 1.77 bits per heavy atom. The normalized spacial score (nSPS) is 10.1. The molecule has 6 nitrogen and oxygen atoms in total. The van der Waals surface area contributed by atoms with E-state index in [0.29, 0.717) is 17.0 Å². The number of para-hydroxylation sites is 1. The zero-order valence-electron chi connectivity index (χ0n) is 14.7. The number of nitrogens with zero attached hydrogens (tertiary/aromatic N) is 1. The smallest absolute Gasteiger partial charge is 0.344 e. The van der Waals surface area contributed by atoms with E-state index in [4.69, 9.17) is 14.7 Å². The molecule has 0 bridgehead atoms. The second-order valence-corrected chi connectivity index (χ2v) is 5.88. The molecule has 2 aromatic carbocycles. The van der Waals surface area contributed by atoms with Gasteiger partial charge >= 0.3 is 5.97 Å². The lowest BCUT2D eigenvalue weighted by Crippen LogP contribution is -2.24. The van der Waals surface area contributed by atoms with Crippen molar-refractivity contribution in [2.45, 2.75) is 19.8 Å². The highest BCUT2D eigenvalue weighted by molar-refractivity contribution is 5.93. The summed E-state index contributed by atoms with van der Waals surface area (Å²) in [7, 11) is 0. The number of benzene rings is 2. The molecule has 0 saturated carbocycles. The first-order valence-electron chi connectivity index (χ1n) is 8.17. The lowest BCUT2D eigenvalue weighted by molar-refractivity contribution is -0.149. The van der Waals surface area contributed by atoms with Gasteiger partial charge < -0.3 is 14.8 Å². The number of carbonyl (C=O) groups is 2. The van der Waals surface area contributed by atoms with E-state index in [0.717, 1.165) is 5.56 Å². The van der Waals surface area contributed by atoms with E-state index in [1.165, 1.54) is 0 Å². The number of rotatable bonds is 7. The molecular weight excluding hydrogens is 332 g/mol. The van der Waals surface area contributed by atoms with Crippen LogP contribution in [0, 0.1) is 11.3 Å². The number of nitrogens with one attached hydrogen (secondary N) is 1. The van der Waals surface area contributed by atoms with Gasteiger partial charge in [-0.1, -0.05) is 32.0 Å². The average Bonchev–Trinajstić information content (AvgIpc) is 2.65. The number of hydrogen-bond donors (Lipinski definition) is 1. The van der Waals surface area contributed by atoms with Gasteiger partial charge in [0.2, 0.25) is 0 Å². The molecule has 0 aliphatic heterocycles. The molecule has 2 rings (SSSR count). The molecule has 0 spiro atoms. The highest BCUT2D eigenvalue weighted by Crippen LogP contribution is 2.23. The Hall–Kier alpha value is -3.33. The first-order chi connectivity index (χ1) is 12.5. The second-order valence-electron chi connectivity index (χ2n) is 5.88. The molecule has 0 radical (unpaired) electrons. The van der Waals surface area contributed by atoms with Crippen LogP contribution in [0.25, 0.3) is 0 Å². The van der Waals surface area contributed by atoms with Gasteiger partial charge in [0.05, 0.1) is 11.6 Å². The molecule has 0 fully saturated rings. The second kappa shape index (κ2) is 9.23. The van der Waals surface area contributed by atoms with Crippen molar-refractivity contribution in [1.29, 1.82) is 5.26 Å². The number of nitriles is 1. The molecule has 1 N–H and O–H groups in total. The minimum absolute atomic E-state index is 0.259. The first-order valence-corrected chi connectivity index (χ1v) is 8.17. The number of ether oxygens (including phenoxy) is 2. The fraction of sp³-hybridized carbons (Fsp3) is 0.250. The monoisotopic (exact) mass is 352 g/mol. The van der Waals surface area contributed by atoms with Crippen LogP contribution >= 0.6 is 0 Å². The lowest BCUT2D eigenvalue weighted by Gasteiger charge is -2.13. The van der Waals surface area contributed by atoms with Gasteiger partial charge in [0, 0.05) is 5.69 Å². The maximum Gasteiger partial charge on any atom is 0.344 e. The number of amides is 1. The minimum Gasteiger partial charge on any atom is -0.482 e. The molecule has 0 aromatic heterocycles. The molecule has 26 heavy (non-hydrogen) atoms. The quantitative estimate of drug-likeness (QED) is 0.773. The van der Waals surface area contributed by atoms with Crippen molar-refractivity contribution in [2.75, 3.05) is 18.5 Å². The third-order valence-electron chi connectivity index (χ3n) is 3.56. The summed E-state index contributed by atoms with van der Waals surface area (Å²) in [6.45, 7) is 3.36. The summed E-state index contributed by atoms with van der Waals surface area (Å²) in [4.78, 5) is 23.7. The Balaban J connectivity index is 1.78. The van der Waals surface area contributed by atoms with Crippen molar-refractivity contribution < 1.29 is 19.1 Å². The van der Waals surface area contributed by atoms with Gasteiger partial charge in [-0.25, -0.2) is 4.79 Å². The van der Waals surface area contributed by atoms with Crippen molar-refractivity contribution in [2.24, 2.45) is 0 Å². The predicted octanol–water partition coefficient (Wildman–Crippen LogP) is 3.24. The van der Waals surface area contributed by atoms with E-state index in [1.54, 1.807) is 24.3 Å². The summed E-state index contributed by atoms with van der Waals surface area (Å²) < 4.78 is 10.2. The van der Waals surface area contributed by atoms with Crippen molar-refractivity contribution in [3.05, 3.63) is 59.7 Å². The van der Waals surface area contributed by atoms with Gasteiger partial charge in [-0.3, -0.25) is 4.79 Å². The lowest BCUT2D eigenvalue weighted by atomic mass is 10.0. The van der Waals surface area contributed by atoms with Crippen LogP contribution in [0.3, 0.4) is 0 Å². The van der Waals surface area contributed by atoms with Crippen LogP contribution in [0.1, 0.15) is 30.9 Å². The Labute approximate surface area is 152 Å². The largest absolute Gasteiger partial charge is 0.482 e. The van der Waals surface area contributed by atoms with Crippen molar-refractivity contribution in [1.82, 2.24) is 0 Å². The molecule has 0 aliphatic carbocycles. The predicted molar refractivity (Wildman–Crippen MR) is 96.8 cm³/mol. The highest BCUT2D eigenvalue weighted by Gasteiger charge is 2.12. The van der Waals surface area contributed by atoms with Gasteiger partial charge in [-0.2, -0.15) is 5.26 Å². The van der Waals surface area contributed by atoms with E-state index in [2.05, 4.69) is 5.32 Å². The number of carbonyl (C=O) groups excluding carboxylic acids is 2. The fourth-order valence-corrected chi connectivity index (χ4v) is 2.26. The SMILES string of the molecule is CC(C)c1ccccc1NC(=O)COC(=O)COc1ccc(C#N)cc1. The molecule has 0 aliphatic rings. The molecule has 0 saturated heterocycles. The molecule has 0 atom stereocenters. The Morgan fingerprint density at radius 3 is 2.42 bits per heavy atom. The molecule has 0 heterocycles. The van der Waals surface area contributed by atoms with Crippen LogP contribution in [0.4, 0.5) is 5.69 Å². The van der Waals surface area contributed by atoms with E-state index in [-0.39, 0.29) is 19.1 Å². The summed E-state index contributed by atoms with van der Waals surface area (Å²) in [5, 5.41) is 11.5. The first kappa shape index (κ1) is 19.0. The van der Waals surface area contributed by atoms with E-state index in [9.17, 15) is 9.59 Å². The van der Waals surface area contributed by atoms with Crippen molar-refractivity contribution in [3.8, 4) is 11.8 Å². The third-order valence-corrected chi connectivity index (χ3v) is 3.56. The van der Waals surface area contributed by atoms with Gasteiger partial charge in [0.15, 0.2) is 13.2 Å². The zero-order valence-corrected chi connectivity index (χ0v) is 14.7. The molecule has 2 aromatic rings. The summed E-state index contributed by atoms with van der Waals surface area (Å²) >= 11 is 0. The van der Waals surface area contributed by atoms with Crippen molar-refractivity contribution >= 4 is 17.6 Å². The van der Waals surface area contributed by atoms with E-state index >= 15 is 0 Å². The Kier molecular flexibility index (Phi) is 6.75. The summed E-state index contributed by atoms with van der Waals surface area (Å²) in [6, 6.07) is 15.8. The zero-order chi connectivity index (χ0) is 18.9. The van der Waals surface area contributed by atoms with Gasteiger partial charge in [0.25, 0.3) is 5.91 Å². The molecule has 1 amide bonds. The topological polar surface area (TPSA) is 88.4 Å². The Bertz CT molecular complexity index is 807. The van der Waals surface area contributed by atoms with Crippen LogP contribution in [0.2, 0.25) is 0 Å². The number of hydrogen-bond acceptors (Lipinski definition) is 5. The summed E-state index contributed by atoms with van der Waals surface area (Å²) in [6.07, 6.45) is 0. The van der Waals surface area contributed by atoms with Crippen LogP contribution in [0.15, 0.2) is 48.5 Å². The van der Waals surface area contributed by atoms with Crippen LogP contribution in [-0.2, 0) is 14.3 Å². The minimum atomic E-state index is -0.651. The molecule has 0 unspecified atom stereocenters. The molecule has 6 heteroatoms. The fourth-order valence-electron chi connectivity index (χ4n) is 2.26. The maximum atomic E-state index is 12.0. The van der Waals surface area contributed by atoms with Crippen LogP contribution in [-0.4, -0.2) is 25.1 Å². The van der Waals surface area contributed by atoms with E-state index < -0.39 is 11.9 Å². The standard InChI is InChI=1S/C20H20N2O4/c1-14(2)17-5-3-4-6-18(17)22-19(23)12-26-20(24)13-25-16-9-7-15(11-21)8-10-16/h3-10,14H,12-13H2,1-2H3,(H,22,23). The molecular formula is C20H20N2O4. The van der Waals surface area contributed by atoms with Crippen molar-refractivity contribution in [3.63, 3.8) is 0 Å². The number of esters is 1. The number of anilines is 1. The highest BCUT2D eigenvalue weighted by atomic mass is 16.6. The maximum absolute atomic E-state index is 12.0. The summed E-state index contributed by atoms with van der Waals surface area (Å²) in [5.74, 6) is -0.363. The van der Waals surface area contributed by atoms with Crippen LogP contribution in [0.5, 0.6) is 5.75 Å². The third kappa shape index (κ3) is 5.64. The average molecular weight is 352 g/mol. The van der Waals surface area contributed by atoms with Crippen LogP contribution < -0.4 is 10.1 Å².